The van der Waals surface area contributed by atoms with Crippen LogP contribution in [-0.2, 0) is 17.8 Å². The molecular weight excluding hydrogens is 492 g/mol. The van der Waals surface area contributed by atoms with Crippen molar-refractivity contribution in [1.29, 1.82) is 0 Å². The Balaban J connectivity index is 1.16. The highest BCUT2D eigenvalue weighted by Gasteiger charge is 2.19. The number of likely N-dealkylation sites (tertiary alicyclic amines) is 1. The van der Waals surface area contributed by atoms with Gasteiger partial charge in [-0.15, -0.1) is 0 Å². The van der Waals surface area contributed by atoms with Gasteiger partial charge in [0.05, 0.1) is 24.7 Å². The smallest absolute Gasteiger partial charge is 0.228 e. The van der Waals surface area contributed by atoms with Crippen molar-refractivity contribution in [2.24, 2.45) is 0 Å². The number of ether oxygens (including phenoxy) is 1. The summed E-state index contributed by atoms with van der Waals surface area (Å²) in [4.78, 5) is 15.7. The summed E-state index contributed by atoms with van der Waals surface area (Å²) < 4.78 is 7.86. The van der Waals surface area contributed by atoms with Crippen LogP contribution in [0.5, 0.6) is 11.5 Å². The van der Waals surface area contributed by atoms with E-state index in [9.17, 15) is 4.79 Å². The zero-order valence-corrected chi connectivity index (χ0v) is 20.4. The molecule has 6 nitrogen and oxygen atoms in total. The molecule has 1 unspecified atom stereocenters. The first-order chi connectivity index (χ1) is 16.6. The number of anilines is 1. The second-order valence-corrected chi connectivity index (χ2v) is 9.91. The van der Waals surface area contributed by atoms with Gasteiger partial charge in [0.2, 0.25) is 5.91 Å². The van der Waals surface area contributed by atoms with E-state index in [1.807, 2.05) is 83.7 Å². The fourth-order valence-electron chi connectivity index (χ4n) is 4.26. The fraction of sp³-hybridized carbons (Fsp3) is 0.259. The third-order valence-electron chi connectivity index (χ3n) is 6.04. The molecule has 174 valence electrons. The Hall–Kier alpha value is -3.16. The van der Waals surface area contributed by atoms with Gasteiger partial charge in [0, 0.05) is 29.0 Å². The van der Waals surface area contributed by atoms with Gasteiger partial charge in [0.1, 0.15) is 11.5 Å². The number of carbonyl (C=O) groups excluding carboxylic acids is 1. The molecular formula is C27H27BrN4O2. The number of amides is 1. The van der Waals surface area contributed by atoms with Crippen LogP contribution in [0, 0.1) is 0 Å². The first-order valence-corrected chi connectivity index (χ1v) is 12.5. The van der Waals surface area contributed by atoms with Gasteiger partial charge in [-0.2, -0.15) is 5.10 Å². The number of hydrogen-bond acceptors (Lipinski definition) is 4. The molecule has 1 amide bonds. The van der Waals surface area contributed by atoms with Crippen molar-refractivity contribution in [2.75, 3.05) is 25.0 Å². The number of rotatable bonds is 8. The van der Waals surface area contributed by atoms with Gasteiger partial charge in [-0.3, -0.25) is 9.48 Å². The summed E-state index contributed by atoms with van der Waals surface area (Å²) in [5.41, 5.74) is 2.80. The van der Waals surface area contributed by atoms with E-state index in [1.54, 1.807) is 0 Å². The first-order valence-electron chi connectivity index (χ1n) is 11.6. The zero-order chi connectivity index (χ0) is 23.3. The van der Waals surface area contributed by atoms with Crippen molar-refractivity contribution < 1.29 is 9.53 Å². The fourth-order valence-corrected chi connectivity index (χ4v) is 4.87. The molecule has 5 rings (SSSR count). The largest absolute Gasteiger partial charge is 0.457 e. The number of aromatic nitrogens is 2. The summed E-state index contributed by atoms with van der Waals surface area (Å²) in [7, 11) is 0. The lowest BCUT2D eigenvalue weighted by atomic mass is 10.1. The summed E-state index contributed by atoms with van der Waals surface area (Å²) in [5.74, 6) is 1.48. The van der Waals surface area contributed by atoms with E-state index in [2.05, 4.69) is 31.2 Å². The van der Waals surface area contributed by atoms with Crippen LogP contribution in [0.1, 0.15) is 12.0 Å². The van der Waals surface area contributed by atoms with E-state index in [-0.39, 0.29) is 5.91 Å². The Labute approximate surface area is 207 Å². The van der Waals surface area contributed by atoms with Crippen LogP contribution in [-0.4, -0.2) is 45.0 Å². The number of carbonyl (C=O) groups is 1. The van der Waals surface area contributed by atoms with E-state index < -0.39 is 0 Å². The van der Waals surface area contributed by atoms with E-state index in [1.165, 1.54) is 6.42 Å². The number of nitrogens with zero attached hydrogens (tertiary/aromatic N) is 3. The molecule has 34 heavy (non-hydrogen) atoms. The highest BCUT2D eigenvalue weighted by atomic mass is 79.9. The van der Waals surface area contributed by atoms with E-state index in [0.717, 1.165) is 59.8 Å². The number of alkyl halides is 1. The normalized spacial score (nSPS) is 16.1. The topological polar surface area (TPSA) is 59.4 Å². The number of nitrogens with one attached hydrogen (secondary N) is 1. The Kier molecular flexibility index (Phi) is 6.92. The standard InChI is InChI=1S/C27H27BrN4O2/c28-22-12-13-31(19-22)14-15-32-26-11-8-23(17-21(26)18-29-32)30-27(33)16-20-6-9-25(10-7-20)34-24-4-2-1-3-5-24/h1-11,17-18,22H,12-16,19H2,(H,30,33). The number of benzene rings is 3. The molecule has 4 aromatic rings. The Bertz CT molecular complexity index is 1260. The van der Waals surface area contributed by atoms with Gasteiger partial charge in [0.15, 0.2) is 0 Å². The molecule has 0 spiro atoms. The van der Waals surface area contributed by atoms with Gasteiger partial charge in [0.25, 0.3) is 0 Å². The SMILES string of the molecule is O=C(Cc1ccc(Oc2ccccc2)cc1)Nc1ccc2c(cnn2CCN2CCC(Br)C2)c1. The summed E-state index contributed by atoms with van der Waals surface area (Å²) in [6, 6.07) is 23.2. The maximum atomic E-state index is 12.6. The van der Waals surface area contributed by atoms with Crippen molar-refractivity contribution in [3.8, 4) is 11.5 Å². The van der Waals surface area contributed by atoms with Gasteiger partial charge in [-0.25, -0.2) is 0 Å². The van der Waals surface area contributed by atoms with Crippen LogP contribution < -0.4 is 10.1 Å². The molecule has 1 aliphatic rings. The van der Waals surface area contributed by atoms with Crippen LogP contribution >= 0.6 is 15.9 Å². The number of para-hydroxylation sites is 1. The van der Waals surface area contributed by atoms with Crippen molar-refractivity contribution >= 4 is 38.4 Å². The van der Waals surface area contributed by atoms with Crippen LogP contribution in [0.2, 0.25) is 0 Å². The van der Waals surface area contributed by atoms with Gasteiger partial charge < -0.3 is 15.0 Å². The molecule has 1 atom stereocenters. The average Bonchev–Trinajstić information content (AvgIpc) is 3.45. The monoisotopic (exact) mass is 518 g/mol. The first kappa shape index (κ1) is 22.6. The average molecular weight is 519 g/mol. The molecule has 0 bridgehead atoms. The van der Waals surface area contributed by atoms with E-state index in [0.29, 0.717) is 11.2 Å². The third kappa shape index (κ3) is 5.66. The minimum atomic E-state index is -0.0539. The maximum absolute atomic E-state index is 12.6. The molecule has 0 saturated carbocycles. The molecule has 1 aromatic heterocycles. The molecule has 2 heterocycles. The molecule has 1 saturated heterocycles. The summed E-state index contributed by atoms with van der Waals surface area (Å²) in [6.45, 7) is 4.08. The molecule has 7 heteroatoms. The van der Waals surface area contributed by atoms with Crippen LogP contribution in [0.3, 0.4) is 0 Å². The molecule has 1 fully saturated rings. The van der Waals surface area contributed by atoms with Crippen molar-refractivity contribution in [1.82, 2.24) is 14.7 Å². The zero-order valence-electron chi connectivity index (χ0n) is 18.9. The number of hydrogen-bond donors (Lipinski definition) is 1. The van der Waals surface area contributed by atoms with Gasteiger partial charge >= 0.3 is 0 Å². The number of halogens is 1. The summed E-state index contributed by atoms with van der Waals surface area (Å²) >= 11 is 3.70. The van der Waals surface area contributed by atoms with E-state index >= 15 is 0 Å². The van der Waals surface area contributed by atoms with Crippen molar-refractivity contribution in [3.05, 3.63) is 84.6 Å². The second-order valence-electron chi connectivity index (χ2n) is 8.61. The predicted molar refractivity (Wildman–Crippen MR) is 139 cm³/mol. The molecule has 0 radical (unpaired) electrons. The van der Waals surface area contributed by atoms with Crippen molar-refractivity contribution in [3.63, 3.8) is 0 Å². The number of fused-ring (bicyclic) bond motifs is 1. The maximum Gasteiger partial charge on any atom is 0.228 e. The molecule has 0 aliphatic carbocycles. The quantitative estimate of drug-likeness (QED) is 0.314. The second kappa shape index (κ2) is 10.4. The Morgan fingerprint density at radius 2 is 1.82 bits per heavy atom. The summed E-state index contributed by atoms with van der Waals surface area (Å²) in [6.07, 6.45) is 3.37. The third-order valence-corrected chi connectivity index (χ3v) is 6.78. The minimum Gasteiger partial charge on any atom is -0.457 e. The van der Waals surface area contributed by atoms with Crippen LogP contribution in [0.15, 0.2) is 79.0 Å². The Morgan fingerprint density at radius 1 is 1.03 bits per heavy atom. The lowest BCUT2D eigenvalue weighted by Gasteiger charge is -2.15. The van der Waals surface area contributed by atoms with Crippen molar-refractivity contribution in [2.45, 2.75) is 24.2 Å². The minimum absolute atomic E-state index is 0.0539. The lowest BCUT2D eigenvalue weighted by molar-refractivity contribution is -0.115. The highest BCUT2D eigenvalue weighted by molar-refractivity contribution is 9.09. The van der Waals surface area contributed by atoms with Gasteiger partial charge in [-0.1, -0.05) is 46.3 Å². The highest BCUT2D eigenvalue weighted by Crippen LogP contribution is 2.23. The van der Waals surface area contributed by atoms with Crippen LogP contribution in [0.25, 0.3) is 10.9 Å². The lowest BCUT2D eigenvalue weighted by Crippen LogP contribution is -2.25. The molecule has 3 aromatic carbocycles. The van der Waals surface area contributed by atoms with Gasteiger partial charge in [-0.05, 0) is 61.0 Å². The predicted octanol–water partition coefficient (Wildman–Crippen LogP) is 5.48. The van der Waals surface area contributed by atoms with E-state index in [4.69, 9.17) is 4.74 Å². The Morgan fingerprint density at radius 3 is 2.59 bits per heavy atom. The molecule has 1 aliphatic heterocycles. The molecule has 1 N–H and O–H groups in total. The summed E-state index contributed by atoms with van der Waals surface area (Å²) in [5, 5.41) is 8.59. The van der Waals surface area contributed by atoms with Crippen LogP contribution in [0.4, 0.5) is 5.69 Å².